The van der Waals surface area contributed by atoms with Gasteiger partial charge in [-0.25, -0.2) is 18.0 Å². The number of hydrogen-bond donors (Lipinski definition) is 4. The minimum absolute atomic E-state index is 0.000715. The summed E-state index contributed by atoms with van der Waals surface area (Å²) in [5.74, 6) is -5.11. The minimum Gasteiger partial charge on any atom is -0.444 e. The Morgan fingerprint density at radius 2 is 1.56 bits per heavy atom. The number of amides is 5. The fraction of sp³-hybridized carbons (Fsp3) is 0.667. The average molecular weight is 895 g/mol. The van der Waals surface area contributed by atoms with Crippen molar-refractivity contribution in [3.05, 3.63) is 36.4 Å². The van der Waals surface area contributed by atoms with Crippen molar-refractivity contribution in [2.75, 3.05) is 29.9 Å². The molecule has 0 spiro atoms. The molecule has 2 aliphatic heterocycles. The topological polar surface area (TPSA) is 193 Å². The number of benzene rings is 1. The molecule has 0 aromatic heterocycles. The molecule has 5 amide bonds. The lowest BCUT2D eigenvalue weighted by Gasteiger charge is -2.36. The molecular weight excluding hydrogens is 843 g/mol. The smallest absolute Gasteiger partial charge is 0.416 e. The average Bonchev–Trinajstić information content (AvgIpc) is 4.05. The number of sulfonamides is 1. The number of nitrogens with one attached hydrogen (secondary N) is 4. The largest absolute Gasteiger partial charge is 0.444 e. The summed E-state index contributed by atoms with van der Waals surface area (Å²) in [6.45, 7) is 12.5. The van der Waals surface area contributed by atoms with Crippen LogP contribution in [0.5, 0.6) is 0 Å². The number of likely N-dealkylation sites (tertiary alicyclic amines) is 1. The number of hydrogen-bond acceptors (Lipinski definition) is 10. The Labute approximate surface area is 349 Å². The second-order valence-corrected chi connectivity index (χ2v) is 20.0. The van der Waals surface area contributed by atoms with E-state index in [1.807, 2.05) is 4.72 Å². The molecule has 4 aliphatic rings. The van der Waals surface area contributed by atoms with Crippen molar-refractivity contribution >= 4 is 51.3 Å². The van der Waals surface area contributed by atoms with Gasteiger partial charge in [-0.15, -0.1) is 6.58 Å². The number of alkyl carbamates (subject to hydrolysis) is 1. The number of carbonyl (C=O) groups is 5. The maximum absolute atomic E-state index is 14.4. The molecule has 2 unspecified atom stereocenters. The van der Waals surface area contributed by atoms with E-state index in [0.29, 0.717) is 18.9 Å². The summed E-state index contributed by atoms with van der Waals surface area (Å²) in [5.41, 5.74) is -5.34. The standard InChI is InChI=1S/C39H52F6N6O9S/c1-8-21-19-37(21,32(54)49-61(57,58)25-10-11-25)48-30(52)28-18-24(20-51(28)31(53)29(35(2,3)4)47-34(56)60-36(5,6)7)59-33(55)46-26-17-23(39(43,44)45)9-12-27(26)50-15-13-22(14-16-50)38(40,41)42/h8-9,12,17,21-22,24-25,28-29H,1,10-11,13-16,18-20H2,2-7H3,(H,46,55)(H,47,56)(H,48,52)(H,49,54)/t21?,24-,28+,29-,37?/m1/s1. The highest BCUT2D eigenvalue weighted by Crippen LogP contribution is 2.46. The van der Waals surface area contributed by atoms with Crippen molar-refractivity contribution in [3.63, 3.8) is 0 Å². The Kier molecular flexibility index (Phi) is 13.1. The molecule has 2 heterocycles. The molecule has 5 atom stereocenters. The Hall–Kier alpha value is -4.76. The quantitative estimate of drug-likeness (QED) is 0.160. The molecule has 15 nitrogen and oxygen atoms in total. The predicted molar refractivity (Wildman–Crippen MR) is 208 cm³/mol. The van der Waals surface area contributed by atoms with Gasteiger partial charge in [0.1, 0.15) is 29.3 Å². The van der Waals surface area contributed by atoms with E-state index in [1.54, 1.807) is 41.5 Å². The van der Waals surface area contributed by atoms with Gasteiger partial charge in [-0.05, 0) is 76.5 Å². The van der Waals surface area contributed by atoms with Crippen molar-refractivity contribution in [1.82, 2.24) is 20.3 Å². The molecule has 61 heavy (non-hydrogen) atoms. The van der Waals surface area contributed by atoms with E-state index in [4.69, 9.17) is 9.47 Å². The van der Waals surface area contributed by atoms with E-state index in [1.165, 1.54) is 11.0 Å². The number of rotatable bonds is 11. The molecule has 0 bridgehead atoms. The van der Waals surface area contributed by atoms with Crippen LogP contribution in [0.4, 0.5) is 47.3 Å². The zero-order valence-electron chi connectivity index (χ0n) is 34.6. The van der Waals surface area contributed by atoms with E-state index >= 15 is 0 Å². The van der Waals surface area contributed by atoms with Crippen LogP contribution in [0, 0.1) is 17.3 Å². The first-order valence-corrected chi connectivity index (χ1v) is 21.3. The molecule has 1 aromatic rings. The number of halogens is 6. The zero-order chi connectivity index (χ0) is 45.7. The monoisotopic (exact) mass is 894 g/mol. The molecule has 340 valence electrons. The van der Waals surface area contributed by atoms with Crippen molar-refractivity contribution in [1.29, 1.82) is 0 Å². The summed E-state index contributed by atoms with van der Waals surface area (Å²) in [7, 11) is -4.05. The molecule has 1 aromatic carbocycles. The lowest BCUT2D eigenvalue weighted by atomic mass is 9.85. The van der Waals surface area contributed by atoms with Crippen LogP contribution in [0.1, 0.15) is 85.6 Å². The first-order valence-electron chi connectivity index (χ1n) is 19.8. The van der Waals surface area contributed by atoms with Crippen molar-refractivity contribution < 1.29 is 68.2 Å². The third kappa shape index (κ3) is 11.4. The van der Waals surface area contributed by atoms with Crippen LogP contribution in [0.25, 0.3) is 0 Å². The first kappa shape index (κ1) is 47.3. The number of piperidine rings is 1. The Morgan fingerprint density at radius 1 is 0.934 bits per heavy atom. The van der Waals surface area contributed by atoms with Crippen LogP contribution in [0.15, 0.2) is 30.9 Å². The summed E-state index contributed by atoms with van der Waals surface area (Å²) in [5, 5.41) is 6.61. The Balaban J connectivity index is 1.41. The van der Waals surface area contributed by atoms with E-state index in [-0.39, 0.29) is 38.0 Å². The van der Waals surface area contributed by atoms with E-state index < -0.39 is 128 Å². The maximum atomic E-state index is 14.4. The Bertz CT molecular complexity index is 2010. The van der Waals surface area contributed by atoms with Crippen LogP contribution >= 0.6 is 0 Å². The summed E-state index contributed by atoms with van der Waals surface area (Å²) in [6.07, 6.45) is -12.0. The molecule has 4 N–H and O–H groups in total. The lowest BCUT2D eigenvalue weighted by molar-refractivity contribution is -0.179. The summed E-state index contributed by atoms with van der Waals surface area (Å²) in [6, 6.07) is -0.493. The third-order valence-electron chi connectivity index (χ3n) is 11.0. The first-order chi connectivity index (χ1) is 27.9. The van der Waals surface area contributed by atoms with Gasteiger partial charge in [-0.2, -0.15) is 26.3 Å². The van der Waals surface area contributed by atoms with Crippen molar-refractivity contribution in [2.24, 2.45) is 17.3 Å². The van der Waals surface area contributed by atoms with Gasteiger partial charge in [-0.3, -0.25) is 24.4 Å². The predicted octanol–water partition coefficient (Wildman–Crippen LogP) is 5.61. The van der Waals surface area contributed by atoms with Gasteiger partial charge in [0.15, 0.2) is 0 Å². The van der Waals surface area contributed by atoms with Gasteiger partial charge < -0.3 is 29.9 Å². The maximum Gasteiger partial charge on any atom is 0.416 e. The van der Waals surface area contributed by atoms with Crippen molar-refractivity contribution in [2.45, 2.75) is 127 Å². The normalized spacial score (nSPS) is 24.3. The molecule has 0 radical (unpaired) electrons. The highest BCUT2D eigenvalue weighted by atomic mass is 32.2. The number of anilines is 2. The summed E-state index contributed by atoms with van der Waals surface area (Å²) in [4.78, 5) is 71.0. The molecular formula is C39H52F6N6O9S. The van der Waals surface area contributed by atoms with Gasteiger partial charge in [0.2, 0.25) is 21.8 Å². The minimum atomic E-state index is -4.87. The van der Waals surface area contributed by atoms with Crippen molar-refractivity contribution in [3.8, 4) is 0 Å². The van der Waals surface area contributed by atoms with Crippen LogP contribution in [-0.2, 0) is 40.1 Å². The molecule has 2 saturated heterocycles. The molecule has 2 aliphatic carbocycles. The highest BCUT2D eigenvalue weighted by Gasteiger charge is 2.62. The van der Waals surface area contributed by atoms with Gasteiger partial charge in [-0.1, -0.05) is 26.8 Å². The lowest BCUT2D eigenvalue weighted by Crippen LogP contribution is -2.60. The van der Waals surface area contributed by atoms with E-state index in [9.17, 15) is 58.7 Å². The van der Waals surface area contributed by atoms with Crippen LogP contribution in [0.2, 0.25) is 0 Å². The molecule has 5 rings (SSSR count). The highest BCUT2D eigenvalue weighted by molar-refractivity contribution is 7.91. The molecule has 22 heteroatoms. The fourth-order valence-electron chi connectivity index (χ4n) is 7.46. The third-order valence-corrected chi connectivity index (χ3v) is 12.8. The van der Waals surface area contributed by atoms with Gasteiger partial charge >= 0.3 is 24.5 Å². The molecule has 2 saturated carbocycles. The second kappa shape index (κ2) is 16.8. The summed E-state index contributed by atoms with van der Waals surface area (Å²) < 4.78 is 120. The fourth-order valence-corrected chi connectivity index (χ4v) is 8.82. The van der Waals surface area contributed by atoms with Crippen LogP contribution < -0.4 is 25.6 Å². The number of alkyl halides is 6. The van der Waals surface area contributed by atoms with Crippen LogP contribution in [0.3, 0.4) is 0 Å². The van der Waals surface area contributed by atoms with E-state index in [0.717, 1.165) is 17.0 Å². The van der Waals surface area contributed by atoms with Gasteiger partial charge in [0.25, 0.3) is 5.91 Å². The number of nitrogens with zero attached hydrogens (tertiary/aromatic N) is 2. The summed E-state index contributed by atoms with van der Waals surface area (Å²) >= 11 is 0. The number of ether oxygens (including phenoxy) is 2. The Morgan fingerprint density at radius 3 is 2.07 bits per heavy atom. The number of carbonyl (C=O) groups excluding carboxylic acids is 5. The zero-order valence-corrected chi connectivity index (χ0v) is 35.4. The molecule has 4 fully saturated rings. The van der Waals surface area contributed by atoms with Gasteiger partial charge in [0.05, 0.1) is 34.7 Å². The van der Waals surface area contributed by atoms with E-state index in [2.05, 4.69) is 22.5 Å². The second-order valence-electron chi connectivity index (χ2n) is 18.1. The van der Waals surface area contributed by atoms with Gasteiger partial charge in [0, 0.05) is 25.4 Å². The SMILES string of the molecule is C=CC1CC1(NC(=O)[C@@H]1C[C@@H](OC(=O)Nc2cc(C(F)(F)F)ccc2N2CCC(C(F)(F)F)CC2)CN1C(=O)[C@@H](NC(=O)OC(C)(C)C)C(C)(C)C)C(=O)NS(=O)(=O)C1CC1. The van der Waals surface area contributed by atoms with Crippen LogP contribution in [-0.4, -0.2) is 104 Å².